The SMILES string of the molecule is CC[C@@]1(O)C(=O)OCc2c1cc1n(c2=O)Cc2c-1nc1cc(F)c(C)c3c1c2[C@@H](NC(=O)OC(CNC(C)C)c1ccc(O[C@@H]2O[C@H](C(=O)O)[C@@H](O)[C@H](O)[C@H]2O)c([N+](=O)[O-])c1)CC3. The van der Waals surface area contributed by atoms with Crippen molar-refractivity contribution in [3.63, 3.8) is 0 Å². The summed E-state index contributed by atoms with van der Waals surface area (Å²) in [5.74, 6) is -3.57. The standard InChI is InChI=1S/C42H44FN5O15/c1-5-42(57)22-11-27-32-20(14-47(27)37(52)21(22)15-60-40(42)55)31-24(8-7-19-17(4)23(43)12-25(45-32)30(19)31)46-41(56)62-29(13-44-16(2)3)18-6-9-28(26(10-18)48(58)59)61-39-35(51)33(49)34(50)36(63-39)38(53)54/h6,9-12,16,24,29,33-36,39,44,49-51,57H,5,7-8,13-15H2,1-4H3,(H,46,56)(H,53,54)/t24-,29?,33-,34-,35+,36-,39+,42-/m0/s1. The van der Waals surface area contributed by atoms with Gasteiger partial charge in [-0.2, -0.15) is 0 Å². The molecule has 1 unspecified atom stereocenters. The molecule has 4 aliphatic rings. The summed E-state index contributed by atoms with van der Waals surface area (Å²) >= 11 is 0. The van der Waals surface area contributed by atoms with Gasteiger partial charge >= 0.3 is 23.7 Å². The predicted octanol–water partition coefficient (Wildman–Crippen LogP) is 2.16. The number of hydrogen-bond acceptors (Lipinski definition) is 16. The van der Waals surface area contributed by atoms with E-state index in [1.165, 1.54) is 22.8 Å². The predicted molar refractivity (Wildman–Crippen MR) is 214 cm³/mol. The number of aromatic nitrogens is 2. The third-order valence-corrected chi connectivity index (χ3v) is 12.2. The number of nitro groups is 1. The van der Waals surface area contributed by atoms with Crippen molar-refractivity contribution < 1.29 is 68.2 Å². The number of aliphatic carboxylic acids is 1. The molecule has 7 N–H and O–H groups in total. The number of hydrogen-bond donors (Lipinski definition) is 7. The lowest BCUT2D eigenvalue weighted by Crippen LogP contribution is -2.61. The van der Waals surface area contributed by atoms with E-state index < -0.39 is 94.2 Å². The fourth-order valence-corrected chi connectivity index (χ4v) is 8.83. The topological polar surface area (TPSA) is 291 Å². The first-order chi connectivity index (χ1) is 29.8. The second-order valence-corrected chi connectivity index (χ2v) is 16.3. The van der Waals surface area contributed by atoms with E-state index in [0.29, 0.717) is 39.8 Å². The van der Waals surface area contributed by atoms with Crippen LogP contribution in [-0.2, 0) is 49.0 Å². The van der Waals surface area contributed by atoms with Crippen molar-refractivity contribution in [2.45, 2.75) is 115 Å². The van der Waals surface area contributed by atoms with Crippen molar-refractivity contribution >= 4 is 34.6 Å². The number of esters is 1. The van der Waals surface area contributed by atoms with Gasteiger partial charge in [0.15, 0.2) is 17.5 Å². The number of carboxylic acid groups (broad SMARTS) is 1. The van der Waals surface area contributed by atoms with E-state index >= 15 is 4.39 Å². The Balaban J connectivity index is 1.13. The third-order valence-electron chi connectivity index (χ3n) is 12.2. The Labute approximate surface area is 356 Å². The van der Waals surface area contributed by atoms with Crippen LogP contribution in [0.1, 0.15) is 84.7 Å². The molecule has 1 aliphatic carbocycles. The number of carbonyl (C=O) groups is 3. The Bertz CT molecular complexity index is 2650. The molecule has 0 bridgehead atoms. The number of nitrogens with one attached hydrogen (secondary N) is 2. The number of aliphatic hydroxyl groups excluding tert-OH is 3. The highest BCUT2D eigenvalue weighted by Crippen LogP contribution is 2.46. The number of fused-ring (bicyclic) bond motifs is 5. The Kier molecular flexibility index (Phi) is 11.2. The minimum Gasteiger partial charge on any atom is -0.479 e. The molecule has 8 atom stereocenters. The first kappa shape index (κ1) is 43.5. The van der Waals surface area contributed by atoms with Crippen molar-refractivity contribution in [2.75, 3.05) is 6.54 Å². The molecule has 1 saturated heterocycles. The second kappa shape index (κ2) is 16.2. The summed E-state index contributed by atoms with van der Waals surface area (Å²) in [6.07, 6.45) is -11.6. The lowest BCUT2D eigenvalue weighted by Gasteiger charge is -2.38. The molecule has 5 heterocycles. The number of carboxylic acids is 1. The number of carbonyl (C=O) groups excluding carboxylic acids is 2. The average molecular weight is 878 g/mol. The Morgan fingerprint density at radius 3 is 2.54 bits per heavy atom. The van der Waals surface area contributed by atoms with E-state index in [1.54, 1.807) is 13.8 Å². The summed E-state index contributed by atoms with van der Waals surface area (Å²) < 4.78 is 38.7. The fraction of sp³-hybridized carbons (Fsp3) is 0.452. The lowest BCUT2D eigenvalue weighted by molar-refractivity contribution is -0.387. The molecule has 1 fully saturated rings. The van der Waals surface area contributed by atoms with Crippen LogP contribution in [0, 0.1) is 22.9 Å². The van der Waals surface area contributed by atoms with Gasteiger partial charge in [0.2, 0.25) is 6.29 Å². The van der Waals surface area contributed by atoms with Crippen molar-refractivity contribution in [1.82, 2.24) is 20.2 Å². The maximum Gasteiger partial charge on any atom is 0.408 e. The van der Waals surface area contributed by atoms with E-state index in [9.17, 15) is 54.8 Å². The lowest BCUT2D eigenvalue weighted by atomic mass is 9.81. The van der Waals surface area contributed by atoms with Gasteiger partial charge in [-0.15, -0.1) is 0 Å². The fourth-order valence-electron chi connectivity index (χ4n) is 8.83. The number of rotatable bonds is 11. The zero-order chi connectivity index (χ0) is 45.4. The number of halogens is 1. The van der Waals surface area contributed by atoms with Gasteiger partial charge in [-0.3, -0.25) is 14.9 Å². The third kappa shape index (κ3) is 7.32. The van der Waals surface area contributed by atoms with Gasteiger partial charge in [-0.1, -0.05) is 26.8 Å². The van der Waals surface area contributed by atoms with Crippen molar-refractivity contribution in [3.05, 3.63) is 95.6 Å². The van der Waals surface area contributed by atoms with Gasteiger partial charge in [0.1, 0.15) is 36.8 Å². The molecule has 63 heavy (non-hydrogen) atoms. The molecular formula is C42H44FN5O15. The second-order valence-electron chi connectivity index (χ2n) is 16.3. The van der Waals surface area contributed by atoms with Crippen LogP contribution in [-0.4, -0.2) is 101 Å². The van der Waals surface area contributed by atoms with Crippen LogP contribution < -0.4 is 20.9 Å². The summed E-state index contributed by atoms with van der Waals surface area (Å²) in [5, 5.41) is 70.5. The quantitative estimate of drug-likeness (QED) is 0.0568. The average Bonchev–Trinajstić information content (AvgIpc) is 3.61. The number of nitrogens with zero attached hydrogens (tertiary/aromatic N) is 3. The Morgan fingerprint density at radius 2 is 1.86 bits per heavy atom. The summed E-state index contributed by atoms with van der Waals surface area (Å²) in [6.45, 7) is 6.51. The smallest absolute Gasteiger partial charge is 0.408 e. The van der Waals surface area contributed by atoms with Gasteiger partial charge in [-0.05, 0) is 55.0 Å². The van der Waals surface area contributed by atoms with Crippen LogP contribution in [0.15, 0.2) is 35.1 Å². The summed E-state index contributed by atoms with van der Waals surface area (Å²) in [6, 6.07) is 5.43. The minimum atomic E-state index is -2.08. The van der Waals surface area contributed by atoms with Gasteiger partial charge in [0, 0.05) is 46.8 Å². The van der Waals surface area contributed by atoms with Gasteiger partial charge < -0.3 is 59.7 Å². The monoisotopic (exact) mass is 877 g/mol. The molecule has 3 aliphatic heterocycles. The van der Waals surface area contributed by atoms with Gasteiger partial charge in [0.05, 0.1) is 40.0 Å². The molecule has 20 nitrogen and oxygen atoms in total. The highest BCUT2D eigenvalue weighted by molar-refractivity contribution is 5.93. The number of pyridine rings is 2. The van der Waals surface area contributed by atoms with E-state index in [4.69, 9.17) is 23.9 Å². The Morgan fingerprint density at radius 1 is 1.11 bits per heavy atom. The maximum atomic E-state index is 15.4. The highest BCUT2D eigenvalue weighted by Gasteiger charge is 2.49. The molecule has 8 rings (SSSR count). The molecule has 1 amide bonds. The molecule has 2 aromatic heterocycles. The number of aliphatic hydroxyl groups is 4. The Hall–Kier alpha value is -6.10. The maximum absolute atomic E-state index is 15.4. The first-order valence-corrected chi connectivity index (χ1v) is 20.2. The number of benzene rings is 2. The van der Waals surface area contributed by atoms with Crippen LogP contribution in [0.25, 0.3) is 22.3 Å². The number of cyclic esters (lactones) is 1. The number of ether oxygens (including phenoxy) is 4. The van der Waals surface area contributed by atoms with Crippen molar-refractivity contribution in [2.24, 2.45) is 0 Å². The molecule has 0 spiro atoms. The summed E-state index contributed by atoms with van der Waals surface area (Å²) in [4.78, 5) is 68.8. The first-order valence-electron chi connectivity index (χ1n) is 20.2. The minimum absolute atomic E-state index is 0.00486. The highest BCUT2D eigenvalue weighted by atomic mass is 19.1. The molecular weight excluding hydrogens is 833 g/mol. The molecule has 0 saturated carbocycles. The van der Waals surface area contributed by atoms with Crippen molar-refractivity contribution in [1.29, 1.82) is 0 Å². The number of alkyl carbamates (subject to hydrolysis) is 1. The molecule has 21 heteroatoms. The summed E-state index contributed by atoms with van der Waals surface area (Å²) in [5.41, 5.74) is 0.0954. The van der Waals surface area contributed by atoms with Crippen LogP contribution in [0.3, 0.4) is 0 Å². The molecule has 4 aromatic rings. The zero-order valence-electron chi connectivity index (χ0n) is 34.3. The van der Waals surface area contributed by atoms with Crippen LogP contribution in [0.2, 0.25) is 0 Å². The van der Waals surface area contributed by atoms with Crippen molar-refractivity contribution in [3.8, 4) is 17.1 Å². The summed E-state index contributed by atoms with van der Waals surface area (Å²) in [7, 11) is 0. The molecule has 0 radical (unpaired) electrons. The molecule has 2 aromatic carbocycles. The largest absolute Gasteiger partial charge is 0.479 e. The van der Waals surface area contributed by atoms with Gasteiger partial charge in [0.25, 0.3) is 5.56 Å². The number of aryl methyl sites for hydroxylation is 1. The van der Waals surface area contributed by atoms with E-state index in [0.717, 1.165) is 12.1 Å². The van der Waals surface area contributed by atoms with Crippen LogP contribution in [0.4, 0.5) is 14.9 Å². The van der Waals surface area contributed by atoms with E-state index in [-0.39, 0.29) is 66.5 Å². The normalized spacial score (nSPS) is 25.1. The van der Waals surface area contributed by atoms with E-state index in [1.807, 2.05) is 13.8 Å². The van der Waals surface area contributed by atoms with E-state index in [2.05, 4.69) is 10.6 Å². The van der Waals surface area contributed by atoms with Crippen LogP contribution in [0.5, 0.6) is 5.75 Å². The molecule has 334 valence electrons. The number of nitro benzene ring substituents is 1. The number of amides is 1. The zero-order valence-corrected chi connectivity index (χ0v) is 34.3. The van der Waals surface area contributed by atoms with Crippen LogP contribution >= 0.6 is 0 Å². The van der Waals surface area contributed by atoms with Gasteiger partial charge in [-0.25, -0.2) is 23.8 Å².